The minimum absolute atomic E-state index is 0.557. The molecule has 0 saturated heterocycles. The SMILES string of the molecule is COc1c(C)nn(-c2ccc3c(OC)nc(N(C)C)nc3c2)c1C. The van der Waals surface area contributed by atoms with Gasteiger partial charge in [-0.1, -0.05) is 0 Å². The van der Waals surface area contributed by atoms with Crippen LogP contribution in [0.5, 0.6) is 11.6 Å². The number of hydrogen-bond acceptors (Lipinski definition) is 6. The second-order valence-corrected chi connectivity index (χ2v) is 5.74. The summed E-state index contributed by atoms with van der Waals surface area (Å²) in [6, 6.07) is 5.90. The van der Waals surface area contributed by atoms with E-state index in [0.717, 1.165) is 33.7 Å². The van der Waals surface area contributed by atoms with Crippen molar-refractivity contribution in [1.29, 1.82) is 0 Å². The predicted octanol–water partition coefficient (Wildman–Crippen LogP) is 2.52. The van der Waals surface area contributed by atoms with Gasteiger partial charge in [0.2, 0.25) is 11.8 Å². The molecule has 2 aromatic heterocycles. The number of rotatable bonds is 4. The van der Waals surface area contributed by atoms with Crippen LogP contribution < -0.4 is 14.4 Å². The van der Waals surface area contributed by atoms with E-state index in [9.17, 15) is 0 Å². The zero-order chi connectivity index (χ0) is 17.4. The molecule has 3 rings (SSSR count). The quantitative estimate of drug-likeness (QED) is 0.733. The predicted molar refractivity (Wildman–Crippen MR) is 93.6 cm³/mol. The Morgan fingerprint density at radius 2 is 1.79 bits per heavy atom. The molecule has 0 bridgehead atoms. The highest BCUT2D eigenvalue weighted by Crippen LogP contribution is 2.29. The minimum Gasteiger partial charge on any atom is -0.493 e. The Balaban J connectivity index is 2.21. The maximum absolute atomic E-state index is 5.42. The van der Waals surface area contributed by atoms with E-state index in [1.54, 1.807) is 14.2 Å². The molecule has 0 radical (unpaired) electrons. The Kier molecular flexibility index (Phi) is 4.01. The van der Waals surface area contributed by atoms with Gasteiger partial charge in [0.1, 0.15) is 5.69 Å². The Hall–Kier alpha value is -2.83. The highest BCUT2D eigenvalue weighted by atomic mass is 16.5. The number of aryl methyl sites for hydroxylation is 1. The number of benzene rings is 1. The van der Waals surface area contributed by atoms with E-state index in [-0.39, 0.29) is 0 Å². The zero-order valence-electron chi connectivity index (χ0n) is 14.8. The average molecular weight is 327 g/mol. The van der Waals surface area contributed by atoms with E-state index in [1.165, 1.54) is 0 Å². The highest BCUT2D eigenvalue weighted by molar-refractivity contribution is 5.86. The van der Waals surface area contributed by atoms with Crippen LogP contribution in [-0.4, -0.2) is 48.1 Å². The van der Waals surface area contributed by atoms with Gasteiger partial charge in [0.15, 0.2) is 5.75 Å². The molecule has 1 aromatic carbocycles. The molecule has 0 unspecified atom stereocenters. The lowest BCUT2D eigenvalue weighted by Gasteiger charge is -2.14. The smallest absolute Gasteiger partial charge is 0.228 e. The topological polar surface area (TPSA) is 65.3 Å². The molecule has 24 heavy (non-hydrogen) atoms. The number of anilines is 1. The Morgan fingerprint density at radius 3 is 2.38 bits per heavy atom. The van der Waals surface area contributed by atoms with E-state index in [4.69, 9.17) is 9.47 Å². The molecule has 2 heterocycles. The lowest BCUT2D eigenvalue weighted by molar-refractivity contribution is 0.403. The van der Waals surface area contributed by atoms with E-state index in [1.807, 2.05) is 55.7 Å². The summed E-state index contributed by atoms with van der Waals surface area (Å²) in [5.74, 6) is 1.95. The maximum atomic E-state index is 5.42. The first kappa shape index (κ1) is 16.0. The summed E-state index contributed by atoms with van der Waals surface area (Å²) in [4.78, 5) is 10.9. The van der Waals surface area contributed by atoms with Crippen LogP contribution >= 0.6 is 0 Å². The first-order valence-electron chi connectivity index (χ1n) is 7.60. The van der Waals surface area contributed by atoms with Gasteiger partial charge in [-0.2, -0.15) is 10.1 Å². The van der Waals surface area contributed by atoms with Crippen LogP contribution in [0.25, 0.3) is 16.6 Å². The van der Waals surface area contributed by atoms with E-state index in [2.05, 4.69) is 15.1 Å². The van der Waals surface area contributed by atoms with Crippen LogP contribution in [0.3, 0.4) is 0 Å². The third kappa shape index (κ3) is 2.51. The number of ether oxygens (including phenoxy) is 2. The standard InChI is InChI=1S/C17H21N5O2/c1-10-15(23-5)11(2)22(20-10)12-7-8-13-14(9-12)18-17(21(3)4)19-16(13)24-6/h7-9H,1-6H3. The van der Waals surface area contributed by atoms with Crippen LogP contribution in [0.2, 0.25) is 0 Å². The molecule has 3 aromatic rings. The van der Waals surface area contributed by atoms with Crippen molar-refractivity contribution in [3.05, 3.63) is 29.6 Å². The molecule has 0 aliphatic rings. The second kappa shape index (κ2) is 5.99. The van der Waals surface area contributed by atoms with Gasteiger partial charge < -0.3 is 14.4 Å². The number of fused-ring (bicyclic) bond motifs is 1. The molecule has 0 aliphatic carbocycles. The van der Waals surface area contributed by atoms with Gasteiger partial charge in [-0.05, 0) is 32.0 Å². The van der Waals surface area contributed by atoms with Crippen LogP contribution in [-0.2, 0) is 0 Å². The van der Waals surface area contributed by atoms with Gasteiger partial charge in [0, 0.05) is 14.1 Å². The van der Waals surface area contributed by atoms with Crippen molar-refractivity contribution < 1.29 is 9.47 Å². The van der Waals surface area contributed by atoms with E-state index < -0.39 is 0 Å². The van der Waals surface area contributed by atoms with Crippen molar-refractivity contribution in [3.8, 4) is 17.3 Å². The second-order valence-electron chi connectivity index (χ2n) is 5.74. The van der Waals surface area contributed by atoms with Gasteiger partial charge >= 0.3 is 0 Å². The molecule has 0 spiro atoms. The van der Waals surface area contributed by atoms with Crippen molar-refractivity contribution in [2.24, 2.45) is 0 Å². The summed E-state index contributed by atoms with van der Waals surface area (Å²) in [7, 11) is 7.07. The van der Waals surface area contributed by atoms with Crippen molar-refractivity contribution in [2.45, 2.75) is 13.8 Å². The van der Waals surface area contributed by atoms with Gasteiger partial charge in [-0.25, -0.2) is 9.67 Å². The van der Waals surface area contributed by atoms with Crippen LogP contribution in [0, 0.1) is 13.8 Å². The van der Waals surface area contributed by atoms with E-state index >= 15 is 0 Å². The first-order valence-corrected chi connectivity index (χ1v) is 7.60. The molecule has 0 aliphatic heterocycles. The fraction of sp³-hybridized carbons (Fsp3) is 0.353. The Labute approximate surface area is 140 Å². The summed E-state index contributed by atoms with van der Waals surface area (Å²) in [6.45, 7) is 3.91. The van der Waals surface area contributed by atoms with Crippen molar-refractivity contribution >= 4 is 16.9 Å². The average Bonchev–Trinajstić information content (AvgIpc) is 2.86. The molecule has 0 saturated carbocycles. The molecule has 7 nitrogen and oxygen atoms in total. The zero-order valence-corrected chi connectivity index (χ0v) is 14.8. The molecule has 0 fully saturated rings. The summed E-state index contributed by atoms with van der Waals surface area (Å²) in [5.41, 5.74) is 3.51. The molecule has 0 amide bonds. The van der Waals surface area contributed by atoms with Crippen molar-refractivity contribution in [2.75, 3.05) is 33.2 Å². The summed E-state index contributed by atoms with van der Waals surface area (Å²) in [6.07, 6.45) is 0. The minimum atomic E-state index is 0.557. The fourth-order valence-corrected chi connectivity index (χ4v) is 2.74. The number of methoxy groups -OCH3 is 2. The summed E-state index contributed by atoms with van der Waals surface area (Å²) >= 11 is 0. The van der Waals surface area contributed by atoms with Crippen LogP contribution in [0.15, 0.2) is 18.2 Å². The normalized spacial score (nSPS) is 10.9. The Morgan fingerprint density at radius 1 is 1.04 bits per heavy atom. The Bertz CT molecular complexity index is 902. The fourth-order valence-electron chi connectivity index (χ4n) is 2.74. The lowest BCUT2D eigenvalue weighted by Crippen LogP contribution is -2.13. The van der Waals surface area contributed by atoms with Gasteiger partial charge in [0.25, 0.3) is 0 Å². The molecular formula is C17H21N5O2. The molecule has 7 heteroatoms. The summed E-state index contributed by atoms with van der Waals surface area (Å²) < 4.78 is 12.7. The van der Waals surface area contributed by atoms with Gasteiger partial charge in [0.05, 0.1) is 36.5 Å². The van der Waals surface area contributed by atoms with Gasteiger partial charge in [-0.3, -0.25) is 0 Å². The van der Waals surface area contributed by atoms with E-state index in [0.29, 0.717) is 11.8 Å². The highest BCUT2D eigenvalue weighted by Gasteiger charge is 2.15. The van der Waals surface area contributed by atoms with Crippen molar-refractivity contribution in [3.63, 3.8) is 0 Å². The first-order chi connectivity index (χ1) is 11.5. The van der Waals surface area contributed by atoms with Crippen molar-refractivity contribution in [1.82, 2.24) is 19.7 Å². The largest absolute Gasteiger partial charge is 0.493 e. The van der Waals surface area contributed by atoms with Gasteiger partial charge in [-0.15, -0.1) is 0 Å². The number of aromatic nitrogens is 4. The lowest BCUT2D eigenvalue weighted by atomic mass is 10.2. The number of nitrogens with zero attached hydrogens (tertiary/aromatic N) is 5. The third-order valence-corrected chi connectivity index (χ3v) is 3.90. The molecular weight excluding hydrogens is 306 g/mol. The maximum Gasteiger partial charge on any atom is 0.228 e. The molecule has 0 N–H and O–H groups in total. The molecule has 126 valence electrons. The summed E-state index contributed by atoms with van der Waals surface area (Å²) in [5, 5.41) is 5.43. The van der Waals surface area contributed by atoms with Crippen LogP contribution in [0.1, 0.15) is 11.4 Å². The van der Waals surface area contributed by atoms with Crippen LogP contribution in [0.4, 0.5) is 5.95 Å². The molecule has 0 atom stereocenters. The number of hydrogen-bond donors (Lipinski definition) is 0. The monoisotopic (exact) mass is 327 g/mol. The third-order valence-electron chi connectivity index (χ3n) is 3.90.